The summed E-state index contributed by atoms with van der Waals surface area (Å²) in [5, 5.41) is 0. The highest BCUT2D eigenvalue weighted by atomic mass is 31.2. The molecule has 1 aliphatic rings. The Labute approximate surface area is 121 Å². The van der Waals surface area contributed by atoms with Gasteiger partial charge >= 0.3 is 6.09 Å². The van der Waals surface area contributed by atoms with Gasteiger partial charge in [-0.15, -0.1) is 0 Å². The van der Waals surface area contributed by atoms with Gasteiger partial charge in [0, 0.05) is 26.2 Å². The summed E-state index contributed by atoms with van der Waals surface area (Å²) in [6, 6.07) is 0. The molecule has 7 heteroatoms. The molecule has 1 rings (SSSR count). The average molecular weight is 306 g/mol. The summed E-state index contributed by atoms with van der Waals surface area (Å²) in [4.78, 5) is 23.7. The van der Waals surface area contributed by atoms with Crippen LogP contribution in [0.2, 0.25) is 0 Å². The fourth-order valence-electron chi connectivity index (χ4n) is 1.88. The molecule has 1 saturated heterocycles. The summed E-state index contributed by atoms with van der Waals surface area (Å²) in [5.41, 5.74) is -0.448. The monoisotopic (exact) mass is 306 g/mol. The molecule has 1 heterocycles. The number of rotatable bonds is 2. The van der Waals surface area contributed by atoms with Gasteiger partial charge in [0.2, 0.25) is 0 Å². The van der Waals surface area contributed by atoms with Crippen LogP contribution in [0.15, 0.2) is 0 Å². The van der Waals surface area contributed by atoms with Gasteiger partial charge in [-0.05, 0) is 34.1 Å². The van der Waals surface area contributed by atoms with Crippen molar-refractivity contribution >= 4 is 20.0 Å². The van der Waals surface area contributed by atoms with Crippen LogP contribution in [0.5, 0.6) is 0 Å². The van der Waals surface area contributed by atoms with E-state index in [9.17, 15) is 9.36 Å². The Morgan fingerprint density at radius 2 is 1.60 bits per heavy atom. The minimum absolute atomic E-state index is 0.252. The van der Waals surface area contributed by atoms with Gasteiger partial charge in [-0.2, -0.15) is 0 Å². The predicted molar refractivity (Wildman–Crippen MR) is 80.8 cm³/mol. The van der Waals surface area contributed by atoms with Crippen LogP contribution in [0.1, 0.15) is 20.8 Å². The molecule has 0 aromatic heterocycles. The Balaban J connectivity index is 0.00000172. The number of piperazine rings is 1. The summed E-state index contributed by atoms with van der Waals surface area (Å²) in [6.45, 7) is 14.0. The lowest BCUT2D eigenvalue weighted by Gasteiger charge is -2.36. The molecule has 0 bridgehead atoms. The highest BCUT2D eigenvalue weighted by Gasteiger charge is 2.26. The van der Waals surface area contributed by atoms with E-state index in [1.54, 1.807) is 18.2 Å². The van der Waals surface area contributed by atoms with Crippen LogP contribution in [-0.4, -0.2) is 74.1 Å². The van der Waals surface area contributed by atoms with Crippen LogP contribution in [-0.2, 0) is 14.1 Å². The molecule has 0 saturated carbocycles. The van der Waals surface area contributed by atoms with E-state index in [2.05, 4.69) is 4.90 Å². The Morgan fingerprint density at radius 3 is 1.95 bits per heavy atom. The minimum atomic E-state index is -2.02. The topological polar surface area (TPSA) is 66.9 Å². The van der Waals surface area contributed by atoms with E-state index in [4.69, 9.17) is 9.53 Å². The summed E-state index contributed by atoms with van der Waals surface area (Å²) in [5.74, 6) is 0. The van der Waals surface area contributed by atoms with Gasteiger partial charge in [-0.1, -0.05) is 0 Å². The zero-order chi connectivity index (χ0) is 16.0. The smallest absolute Gasteiger partial charge is 0.410 e. The second kappa shape index (κ2) is 7.79. The van der Waals surface area contributed by atoms with Gasteiger partial charge in [0.15, 0.2) is 0 Å². The van der Waals surface area contributed by atoms with E-state index in [-0.39, 0.29) is 6.09 Å². The van der Waals surface area contributed by atoms with Crippen molar-refractivity contribution in [3.63, 3.8) is 0 Å². The van der Waals surface area contributed by atoms with Crippen LogP contribution in [0.4, 0.5) is 4.79 Å². The normalized spacial score (nSPS) is 17.1. The van der Waals surface area contributed by atoms with Gasteiger partial charge < -0.3 is 19.0 Å². The van der Waals surface area contributed by atoms with E-state index >= 15 is 0 Å². The third-order valence-corrected chi connectivity index (χ3v) is 3.65. The van der Waals surface area contributed by atoms with E-state index < -0.39 is 12.7 Å². The standard InChI is InChI=1S/C12H25N2O3P.CH2O/c1-12(2,3)17-11(15)14-8-6-13(7-9-14)10-18(4,5)16;1-2/h6-10H2,1-5H3;1H2. The molecule has 118 valence electrons. The number of carbonyl (C=O) groups excluding carboxylic acids is 2. The molecular formula is C13H27N2O4P. The lowest BCUT2D eigenvalue weighted by Crippen LogP contribution is -2.50. The first kappa shape index (κ1) is 19.1. The van der Waals surface area contributed by atoms with E-state index in [0.29, 0.717) is 19.4 Å². The first-order chi connectivity index (χ1) is 9.07. The van der Waals surface area contributed by atoms with Gasteiger partial charge in [-0.25, -0.2) is 4.79 Å². The molecule has 0 N–H and O–H groups in total. The van der Waals surface area contributed by atoms with E-state index in [0.717, 1.165) is 13.1 Å². The van der Waals surface area contributed by atoms with Crippen molar-refractivity contribution in [3.8, 4) is 0 Å². The maximum absolute atomic E-state index is 11.8. The summed E-state index contributed by atoms with van der Waals surface area (Å²) in [6.07, 6.45) is 0.383. The number of nitrogens with zero attached hydrogens (tertiary/aromatic N) is 2. The molecule has 20 heavy (non-hydrogen) atoms. The van der Waals surface area contributed by atoms with Crippen molar-refractivity contribution in [2.75, 3.05) is 45.8 Å². The fourth-order valence-corrected chi connectivity index (χ4v) is 3.13. The van der Waals surface area contributed by atoms with Crippen molar-refractivity contribution < 1.29 is 18.9 Å². The van der Waals surface area contributed by atoms with Crippen LogP contribution < -0.4 is 0 Å². The molecule has 1 aliphatic heterocycles. The molecule has 0 aromatic carbocycles. The van der Waals surface area contributed by atoms with Crippen LogP contribution in [0.25, 0.3) is 0 Å². The SMILES string of the molecule is C=O.CC(C)(C)OC(=O)N1CCN(CP(C)(C)=O)CC1. The van der Waals surface area contributed by atoms with Crippen molar-refractivity contribution in [1.82, 2.24) is 9.80 Å². The number of ether oxygens (including phenoxy) is 1. The van der Waals surface area contributed by atoms with E-state index in [1.807, 2.05) is 27.6 Å². The predicted octanol–water partition coefficient (Wildman–Crippen LogP) is 1.93. The first-order valence-electron chi connectivity index (χ1n) is 6.60. The molecule has 0 aliphatic carbocycles. The molecule has 6 nitrogen and oxygen atoms in total. The molecule has 1 amide bonds. The third kappa shape index (κ3) is 8.33. The lowest BCUT2D eigenvalue weighted by atomic mass is 10.2. The molecule has 0 spiro atoms. The average Bonchev–Trinajstić information content (AvgIpc) is 2.28. The molecule has 0 aromatic rings. The van der Waals surface area contributed by atoms with Crippen molar-refractivity contribution in [2.45, 2.75) is 26.4 Å². The fraction of sp³-hybridized carbons (Fsp3) is 0.846. The van der Waals surface area contributed by atoms with Gasteiger partial charge in [0.1, 0.15) is 12.4 Å². The second-order valence-electron chi connectivity index (χ2n) is 6.30. The molecule has 0 radical (unpaired) electrons. The maximum atomic E-state index is 11.8. The highest BCUT2D eigenvalue weighted by Crippen LogP contribution is 2.36. The van der Waals surface area contributed by atoms with Gasteiger partial charge in [-0.3, -0.25) is 4.90 Å². The molecule has 0 unspecified atom stereocenters. The quantitative estimate of drug-likeness (QED) is 0.729. The van der Waals surface area contributed by atoms with Gasteiger partial charge in [0.25, 0.3) is 0 Å². The molecule has 0 atom stereocenters. The Morgan fingerprint density at radius 1 is 1.15 bits per heavy atom. The lowest BCUT2D eigenvalue weighted by molar-refractivity contribution is -0.0980. The Kier molecular flexibility index (Phi) is 7.45. The second-order valence-corrected chi connectivity index (χ2v) is 9.73. The zero-order valence-corrected chi connectivity index (χ0v) is 14.1. The third-order valence-electron chi connectivity index (χ3n) is 2.56. The van der Waals surface area contributed by atoms with Crippen LogP contribution in [0.3, 0.4) is 0 Å². The van der Waals surface area contributed by atoms with Crippen LogP contribution >= 0.6 is 7.14 Å². The van der Waals surface area contributed by atoms with Gasteiger partial charge in [0.05, 0.1) is 13.4 Å². The molecule has 1 fully saturated rings. The summed E-state index contributed by atoms with van der Waals surface area (Å²) in [7, 11) is -2.02. The molecular weight excluding hydrogens is 279 g/mol. The maximum Gasteiger partial charge on any atom is 0.410 e. The number of amides is 1. The van der Waals surface area contributed by atoms with Crippen LogP contribution in [0, 0.1) is 0 Å². The Bertz CT molecular complexity index is 354. The number of hydrogen-bond donors (Lipinski definition) is 0. The minimum Gasteiger partial charge on any atom is -0.444 e. The number of carbonyl (C=O) groups is 2. The Hall–Kier alpha value is -0.870. The van der Waals surface area contributed by atoms with Crippen molar-refractivity contribution in [1.29, 1.82) is 0 Å². The largest absolute Gasteiger partial charge is 0.444 e. The first-order valence-corrected chi connectivity index (χ1v) is 9.39. The summed E-state index contributed by atoms with van der Waals surface area (Å²) >= 11 is 0. The summed E-state index contributed by atoms with van der Waals surface area (Å²) < 4.78 is 17.1. The zero-order valence-electron chi connectivity index (χ0n) is 13.2. The van der Waals surface area contributed by atoms with E-state index in [1.165, 1.54) is 0 Å². The van der Waals surface area contributed by atoms with Crippen molar-refractivity contribution in [3.05, 3.63) is 0 Å². The number of hydrogen-bond acceptors (Lipinski definition) is 5. The highest BCUT2D eigenvalue weighted by molar-refractivity contribution is 7.62. The van der Waals surface area contributed by atoms with Crippen molar-refractivity contribution in [2.24, 2.45) is 0 Å².